The molecule has 6 nitrogen and oxygen atoms in total. The van der Waals surface area contributed by atoms with Gasteiger partial charge in [0.25, 0.3) is 0 Å². The molecule has 1 amide bonds. The summed E-state index contributed by atoms with van der Waals surface area (Å²) in [4.78, 5) is 19.0. The van der Waals surface area contributed by atoms with E-state index in [9.17, 15) is 4.79 Å². The molecule has 1 aromatic heterocycles. The molecule has 2 atom stereocenters. The van der Waals surface area contributed by atoms with Crippen molar-refractivity contribution in [3.63, 3.8) is 0 Å². The average Bonchev–Trinajstić information content (AvgIpc) is 3.04. The van der Waals surface area contributed by atoms with Gasteiger partial charge in [0, 0.05) is 38.4 Å². The van der Waals surface area contributed by atoms with E-state index in [4.69, 9.17) is 4.74 Å². The average molecular weight is 292 g/mol. The summed E-state index contributed by atoms with van der Waals surface area (Å²) >= 11 is 0. The molecule has 3 rings (SSSR count). The Kier molecular flexibility index (Phi) is 4.55. The Hall–Kier alpha value is -1.40. The number of amides is 1. The fourth-order valence-corrected chi connectivity index (χ4v) is 3.28. The SMILES string of the molecule is CCc1nccn1C1CCCN(C(=O)C2COCCN2)C1. The number of hydrogen-bond acceptors (Lipinski definition) is 4. The van der Waals surface area contributed by atoms with Crippen molar-refractivity contribution in [3.05, 3.63) is 18.2 Å². The molecule has 21 heavy (non-hydrogen) atoms. The van der Waals surface area contributed by atoms with Gasteiger partial charge in [-0.1, -0.05) is 6.92 Å². The summed E-state index contributed by atoms with van der Waals surface area (Å²) in [6, 6.07) is 0.176. The predicted octanol–water partition coefficient (Wildman–Crippen LogP) is 0.597. The fourth-order valence-electron chi connectivity index (χ4n) is 3.28. The van der Waals surface area contributed by atoms with E-state index in [2.05, 4.69) is 21.8 Å². The van der Waals surface area contributed by atoms with E-state index in [1.165, 1.54) is 0 Å². The number of rotatable bonds is 3. The van der Waals surface area contributed by atoms with E-state index in [1.54, 1.807) is 0 Å². The number of aromatic nitrogens is 2. The van der Waals surface area contributed by atoms with E-state index in [0.717, 1.165) is 44.7 Å². The number of carbonyl (C=O) groups is 1. The lowest BCUT2D eigenvalue weighted by atomic mass is 10.0. The molecule has 1 N–H and O–H groups in total. The van der Waals surface area contributed by atoms with Crippen LogP contribution in [0.2, 0.25) is 0 Å². The molecular weight excluding hydrogens is 268 g/mol. The van der Waals surface area contributed by atoms with Gasteiger partial charge in [0.2, 0.25) is 5.91 Å². The van der Waals surface area contributed by atoms with E-state index < -0.39 is 0 Å². The first kappa shape index (κ1) is 14.5. The van der Waals surface area contributed by atoms with Crippen molar-refractivity contribution >= 4 is 5.91 Å². The van der Waals surface area contributed by atoms with Gasteiger partial charge in [-0.3, -0.25) is 4.79 Å². The van der Waals surface area contributed by atoms with Crippen molar-refractivity contribution in [2.24, 2.45) is 0 Å². The summed E-state index contributed by atoms with van der Waals surface area (Å²) in [6.45, 7) is 5.69. The van der Waals surface area contributed by atoms with Gasteiger partial charge in [0.15, 0.2) is 0 Å². The number of ether oxygens (including phenoxy) is 1. The second-order valence-electron chi connectivity index (χ2n) is 5.77. The molecule has 0 aromatic carbocycles. The van der Waals surface area contributed by atoms with Gasteiger partial charge < -0.3 is 19.5 Å². The number of piperidine rings is 1. The molecule has 2 aliphatic rings. The highest BCUT2D eigenvalue weighted by molar-refractivity contribution is 5.82. The topological polar surface area (TPSA) is 59.4 Å². The second kappa shape index (κ2) is 6.58. The monoisotopic (exact) mass is 292 g/mol. The van der Waals surface area contributed by atoms with Gasteiger partial charge in [-0.25, -0.2) is 4.98 Å². The molecule has 0 saturated carbocycles. The van der Waals surface area contributed by atoms with Gasteiger partial charge in [0.05, 0.1) is 19.3 Å². The van der Waals surface area contributed by atoms with Crippen LogP contribution < -0.4 is 5.32 Å². The van der Waals surface area contributed by atoms with Gasteiger partial charge in [-0.2, -0.15) is 0 Å². The van der Waals surface area contributed by atoms with Gasteiger partial charge in [-0.15, -0.1) is 0 Å². The van der Waals surface area contributed by atoms with Crippen molar-refractivity contribution < 1.29 is 9.53 Å². The first-order valence-electron chi connectivity index (χ1n) is 7.91. The minimum absolute atomic E-state index is 0.175. The third kappa shape index (κ3) is 3.11. The summed E-state index contributed by atoms with van der Waals surface area (Å²) < 4.78 is 7.64. The number of morpholine rings is 1. The molecule has 2 aliphatic heterocycles. The zero-order valence-electron chi connectivity index (χ0n) is 12.6. The van der Waals surface area contributed by atoms with Crippen LogP contribution in [0.4, 0.5) is 0 Å². The lowest BCUT2D eigenvalue weighted by Crippen LogP contribution is -2.54. The minimum atomic E-state index is -0.175. The van der Waals surface area contributed by atoms with Crippen LogP contribution in [0.25, 0.3) is 0 Å². The first-order valence-corrected chi connectivity index (χ1v) is 7.91. The third-order valence-electron chi connectivity index (χ3n) is 4.39. The lowest BCUT2D eigenvalue weighted by molar-refractivity contribution is -0.138. The first-order chi connectivity index (χ1) is 10.3. The van der Waals surface area contributed by atoms with E-state index in [1.807, 2.05) is 17.3 Å². The van der Waals surface area contributed by atoms with Crippen molar-refractivity contribution in [1.29, 1.82) is 0 Å². The molecular formula is C15H24N4O2. The Labute approximate surface area is 125 Å². The largest absolute Gasteiger partial charge is 0.378 e. The molecule has 0 radical (unpaired) electrons. The Balaban J connectivity index is 1.66. The number of nitrogens with one attached hydrogen (secondary N) is 1. The van der Waals surface area contributed by atoms with Crippen LogP contribution in [0.1, 0.15) is 31.6 Å². The molecule has 6 heteroatoms. The van der Waals surface area contributed by atoms with Crippen LogP contribution in [0.5, 0.6) is 0 Å². The van der Waals surface area contributed by atoms with Crippen LogP contribution in [-0.4, -0.2) is 59.2 Å². The lowest BCUT2D eigenvalue weighted by Gasteiger charge is -2.36. The number of hydrogen-bond donors (Lipinski definition) is 1. The summed E-state index contributed by atoms with van der Waals surface area (Å²) in [7, 11) is 0. The second-order valence-corrected chi connectivity index (χ2v) is 5.77. The van der Waals surface area contributed by atoms with Crippen LogP contribution in [0, 0.1) is 0 Å². The maximum Gasteiger partial charge on any atom is 0.242 e. The number of carbonyl (C=O) groups excluding carboxylic acids is 1. The standard InChI is InChI=1S/C15H24N4O2/c1-2-14-17-5-8-19(14)12-4-3-7-18(10-12)15(20)13-11-21-9-6-16-13/h5,8,12-13,16H,2-4,6-7,9-11H2,1H3. The van der Waals surface area contributed by atoms with Gasteiger partial charge in [-0.05, 0) is 12.8 Å². The van der Waals surface area contributed by atoms with E-state index in [0.29, 0.717) is 19.3 Å². The van der Waals surface area contributed by atoms with Crippen LogP contribution in [0.3, 0.4) is 0 Å². The molecule has 2 unspecified atom stereocenters. The molecule has 0 spiro atoms. The Morgan fingerprint density at radius 2 is 2.48 bits per heavy atom. The molecule has 0 aliphatic carbocycles. The maximum absolute atomic E-state index is 12.6. The van der Waals surface area contributed by atoms with Crippen LogP contribution in [-0.2, 0) is 16.0 Å². The fraction of sp³-hybridized carbons (Fsp3) is 0.733. The third-order valence-corrected chi connectivity index (χ3v) is 4.39. The Bertz CT molecular complexity index is 482. The number of imidazole rings is 1. The maximum atomic E-state index is 12.6. The van der Waals surface area contributed by atoms with E-state index >= 15 is 0 Å². The van der Waals surface area contributed by atoms with Crippen LogP contribution >= 0.6 is 0 Å². The highest BCUT2D eigenvalue weighted by atomic mass is 16.5. The van der Waals surface area contributed by atoms with Crippen molar-refractivity contribution in [2.75, 3.05) is 32.8 Å². The zero-order valence-corrected chi connectivity index (χ0v) is 12.6. The number of nitrogens with zero attached hydrogens (tertiary/aromatic N) is 3. The number of likely N-dealkylation sites (tertiary alicyclic amines) is 1. The summed E-state index contributed by atoms with van der Waals surface area (Å²) in [6.07, 6.45) is 6.98. The number of aryl methyl sites for hydroxylation is 1. The van der Waals surface area contributed by atoms with Gasteiger partial charge >= 0.3 is 0 Å². The predicted molar refractivity (Wildman–Crippen MR) is 79.1 cm³/mol. The van der Waals surface area contributed by atoms with Crippen molar-refractivity contribution in [3.8, 4) is 0 Å². The highest BCUT2D eigenvalue weighted by Crippen LogP contribution is 2.23. The van der Waals surface area contributed by atoms with Gasteiger partial charge in [0.1, 0.15) is 11.9 Å². The molecule has 0 bridgehead atoms. The van der Waals surface area contributed by atoms with Crippen molar-refractivity contribution in [1.82, 2.24) is 19.8 Å². The summed E-state index contributed by atoms with van der Waals surface area (Å²) in [5.41, 5.74) is 0. The molecule has 2 saturated heterocycles. The Morgan fingerprint density at radius 3 is 3.24 bits per heavy atom. The zero-order chi connectivity index (χ0) is 14.7. The van der Waals surface area contributed by atoms with E-state index in [-0.39, 0.29) is 11.9 Å². The quantitative estimate of drug-likeness (QED) is 0.886. The minimum Gasteiger partial charge on any atom is -0.378 e. The Morgan fingerprint density at radius 1 is 1.57 bits per heavy atom. The summed E-state index contributed by atoms with van der Waals surface area (Å²) in [5, 5.41) is 3.25. The van der Waals surface area contributed by atoms with Crippen molar-refractivity contribution in [2.45, 2.75) is 38.3 Å². The molecule has 116 valence electrons. The normalized spacial score (nSPS) is 26.8. The molecule has 1 aromatic rings. The smallest absolute Gasteiger partial charge is 0.242 e. The summed E-state index contributed by atoms with van der Waals surface area (Å²) in [5.74, 6) is 1.28. The molecule has 2 fully saturated rings. The van der Waals surface area contributed by atoms with Crippen LogP contribution in [0.15, 0.2) is 12.4 Å². The molecule has 3 heterocycles. The highest BCUT2D eigenvalue weighted by Gasteiger charge is 2.31.